The summed E-state index contributed by atoms with van der Waals surface area (Å²) in [7, 11) is -7.37. The zero-order valence-electron chi connectivity index (χ0n) is 13.6. The fraction of sp³-hybridized carbons (Fsp3) is 0.500. The summed E-state index contributed by atoms with van der Waals surface area (Å²) in [5.41, 5.74) is -1.27. The van der Waals surface area contributed by atoms with Crippen molar-refractivity contribution < 1.29 is 34.8 Å². The maximum Gasteiger partial charge on any atom is 0.405 e. The van der Waals surface area contributed by atoms with Crippen LogP contribution >= 0.6 is 0 Å². The molecule has 2 N–H and O–H groups in total. The van der Waals surface area contributed by atoms with E-state index in [0.29, 0.717) is 0 Å². The van der Waals surface area contributed by atoms with Crippen LogP contribution in [0.5, 0.6) is 0 Å². The molecule has 1 saturated heterocycles. The molecule has 1 atom stereocenters. The van der Waals surface area contributed by atoms with Gasteiger partial charge in [-0.15, -0.1) is 0 Å². The van der Waals surface area contributed by atoms with Crippen LogP contribution in [-0.2, 0) is 19.9 Å². The second kappa shape index (κ2) is 6.82. The predicted octanol–water partition coefficient (Wildman–Crippen LogP) is 0.834. The fourth-order valence-electron chi connectivity index (χ4n) is 2.54. The van der Waals surface area contributed by atoms with Gasteiger partial charge in [-0.05, 0) is 37.6 Å². The summed E-state index contributed by atoms with van der Waals surface area (Å²) in [6.45, 7) is -0.0195. The van der Waals surface area contributed by atoms with Gasteiger partial charge in [0.25, 0.3) is 5.91 Å². The number of benzene rings is 1. The average molecular weight is 414 g/mol. The molecule has 0 spiro atoms. The maximum atomic E-state index is 12.4. The first-order chi connectivity index (χ1) is 11.7. The van der Waals surface area contributed by atoms with Gasteiger partial charge in [0.05, 0.1) is 16.4 Å². The molecule has 7 nitrogen and oxygen atoms in total. The monoisotopic (exact) mass is 414 g/mol. The highest BCUT2D eigenvalue weighted by Crippen LogP contribution is 2.25. The molecule has 0 unspecified atom stereocenters. The van der Waals surface area contributed by atoms with Crippen molar-refractivity contribution in [1.29, 1.82) is 0 Å². The number of sulfone groups is 1. The standard InChI is InChI=1S/C14H17F3N2O5S2/c1-13(6-7-25(21,22)9-13)19-26(23,24)11-4-2-10(3-5-11)12(20)18-8-14(15,16)17/h2-5,19H,6-9H2,1H3,(H,18,20)/t13-/m0/s1. The van der Waals surface area contributed by atoms with Crippen molar-refractivity contribution in [2.45, 2.75) is 30.0 Å². The van der Waals surface area contributed by atoms with Crippen molar-refractivity contribution in [1.82, 2.24) is 10.0 Å². The molecule has 0 aliphatic carbocycles. The van der Waals surface area contributed by atoms with E-state index in [2.05, 4.69) is 4.72 Å². The molecule has 146 valence electrons. The van der Waals surface area contributed by atoms with Crippen LogP contribution in [-0.4, -0.2) is 52.5 Å². The zero-order valence-corrected chi connectivity index (χ0v) is 15.3. The molecular weight excluding hydrogens is 397 g/mol. The van der Waals surface area contributed by atoms with Gasteiger partial charge >= 0.3 is 6.18 Å². The van der Waals surface area contributed by atoms with E-state index in [-0.39, 0.29) is 28.4 Å². The molecule has 0 bridgehead atoms. The number of halogens is 3. The zero-order chi connectivity index (χ0) is 19.8. The Hall–Kier alpha value is -1.66. The molecule has 1 aliphatic rings. The summed E-state index contributed by atoms with van der Waals surface area (Å²) in [5.74, 6) is -1.44. The highest BCUT2D eigenvalue weighted by molar-refractivity contribution is 7.92. The summed E-state index contributed by atoms with van der Waals surface area (Å²) >= 11 is 0. The lowest BCUT2D eigenvalue weighted by molar-refractivity contribution is -0.123. The second-order valence-electron chi connectivity index (χ2n) is 6.33. The molecule has 2 rings (SSSR count). The van der Waals surface area contributed by atoms with Gasteiger partial charge in [0, 0.05) is 11.1 Å². The van der Waals surface area contributed by atoms with Gasteiger partial charge in [-0.3, -0.25) is 4.79 Å². The summed E-state index contributed by atoms with van der Waals surface area (Å²) in [6.07, 6.45) is -4.42. The van der Waals surface area contributed by atoms with Gasteiger partial charge in [0.2, 0.25) is 10.0 Å². The lowest BCUT2D eigenvalue weighted by Crippen LogP contribution is -2.46. The number of hydrogen-bond donors (Lipinski definition) is 2. The molecule has 0 saturated carbocycles. The third-order valence-electron chi connectivity index (χ3n) is 3.76. The maximum absolute atomic E-state index is 12.4. The third kappa shape index (κ3) is 5.42. The summed E-state index contributed by atoms with van der Waals surface area (Å²) < 4.78 is 86.5. The number of sulfonamides is 1. The normalized spacial score (nSPS) is 22.9. The van der Waals surface area contributed by atoms with E-state index in [9.17, 15) is 34.8 Å². The minimum atomic E-state index is -4.56. The number of carbonyl (C=O) groups is 1. The molecule has 1 fully saturated rings. The number of rotatable bonds is 5. The van der Waals surface area contributed by atoms with Crippen LogP contribution in [0.25, 0.3) is 0 Å². The molecule has 1 heterocycles. The van der Waals surface area contributed by atoms with Crippen LogP contribution < -0.4 is 10.0 Å². The Morgan fingerprint density at radius 1 is 1.23 bits per heavy atom. The molecule has 26 heavy (non-hydrogen) atoms. The van der Waals surface area contributed by atoms with Crippen LogP contribution in [0.1, 0.15) is 23.7 Å². The second-order valence-corrected chi connectivity index (χ2v) is 10.2. The van der Waals surface area contributed by atoms with Crippen molar-refractivity contribution in [3.63, 3.8) is 0 Å². The van der Waals surface area contributed by atoms with E-state index in [1.165, 1.54) is 6.92 Å². The largest absolute Gasteiger partial charge is 0.405 e. The smallest absolute Gasteiger partial charge is 0.343 e. The van der Waals surface area contributed by atoms with E-state index in [0.717, 1.165) is 24.3 Å². The van der Waals surface area contributed by atoms with Crippen molar-refractivity contribution in [2.24, 2.45) is 0 Å². The molecule has 0 radical (unpaired) electrons. The van der Waals surface area contributed by atoms with Gasteiger partial charge in [-0.2, -0.15) is 13.2 Å². The Bertz CT molecular complexity index is 896. The topological polar surface area (TPSA) is 109 Å². The molecule has 12 heteroatoms. The Balaban J connectivity index is 2.10. The van der Waals surface area contributed by atoms with Crippen molar-refractivity contribution in [3.8, 4) is 0 Å². The molecular formula is C14H17F3N2O5S2. The third-order valence-corrected chi connectivity index (χ3v) is 7.32. The first kappa shape index (κ1) is 20.6. The van der Waals surface area contributed by atoms with Crippen molar-refractivity contribution in [3.05, 3.63) is 29.8 Å². The van der Waals surface area contributed by atoms with Crippen LogP contribution in [0, 0.1) is 0 Å². The lowest BCUT2D eigenvalue weighted by atomic mass is 10.0. The van der Waals surface area contributed by atoms with Gasteiger partial charge in [0.1, 0.15) is 6.54 Å². The number of nitrogens with one attached hydrogen (secondary N) is 2. The summed E-state index contributed by atoms with van der Waals surface area (Å²) in [4.78, 5) is 11.4. The molecule has 1 amide bonds. The first-order valence-corrected chi connectivity index (χ1v) is 10.7. The van der Waals surface area contributed by atoms with Gasteiger partial charge in [-0.1, -0.05) is 0 Å². The highest BCUT2D eigenvalue weighted by atomic mass is 32.2. The summed E-state index contributed by atoms with van der Waals surface area (Å²) in [6, 6.07) is 4.29. The van der Waals surface area contributed by atoms with Crippen molar-refractivity contribution in [2.75, 3.05) is 18.1 Å². The SMILES string of the molecule is C[C@]1(NS(=O)(=O)c2ccc(C(=O)NCC(F)(F)F)cc2)CCS(=O)(=O)C1. The van der Waals surface area contributed by atoms with Gasteiger partial charge in [-0.25, -0.2) is 21.6 Å². The van der Waals surface area contributed by atoms with E-state index in [1.54, 1.807) is 5.32 Å². The van der Waals surface area contributed by atoms with Crippen LogP contribution in [0.4, 0.5) is 13.2 Å². The Morgan fingerprint density at radius 2 is 1.81 bits per heavy atom. The summed E-state index contributed by atoms with van der Waals surface area (Å²) in [5, 5.41) is 1.68. The Labute approximate surface area is 148 Å². The molecule has 0 aromatic heterocycles. The Kier molecular flexibility index (Phi) is 5.41. The average Bonchev–Trinajstić information content (AvgIpc) is 2.76. The quantitative estimate of drug-likeness (QED) is 0.742. The van der Waals surface area contributed by atoms with Crippen LogP contribution in [0.15, 0.2) is 29.2 Å². The minimum absolute atomic E-state index is 0.121. The first-order valence-electron chi connectivity index (χ1n) is 7.41. The van der Waals surface area contributed by atoms with Crippen LogP contribution in [0.2, 0.25) is 0 Å². The number of amides is 1. The minimum Gasteiger partial charge on any atom is -0.343 e. The molecule has 1 aliphatic heterocycles. The van der Waals surface area contributed by atoms with E-state index in [1.807, 2.05) is 0 Å². The molecule has 1 aromatic carbocycles. The fourth-order valence-corrected chi connectivity index (χ4v) is 6.16. The Morgan fingerprint density at radius 3 is 2.27 bits per heavy atom. The number of carbonyl (C=O) groups excluding carboxylic acids is 1. The van der Waals surface area contributed by atoms with E-state index in [4.69, 9.17) is 0 Å². The van der Waals surface area contributed by atoms with Crippen LogP contribution in [0.3, 0.4) is 0 Å². The highest BCUT2D eigenvalue weighted by Gasteiger charge is 2.41. The number of alkyl halides is 3. The van der Waals surface area contributed by atoms with E-state index < -0.39 is 44.0 Å². The van der Waals surface area contributed by atoms with Gasteiger partial charge in [0.15, 0.2) is 9.84 Å². The number of hydrogen-bond acceptors (Lipinski definition) is 5. The molecule has 1 aromatic rings. The van der Waals surface area contributed by atoms with E-state index >= 15 is 0 Å². The lowest BCUT2D eigenvalue weighted by Gasteiger charge is -2.23. The predicted molar refractivity (Wildman–Crippen MR) is 86.8 cm³/mol. The van der Waals surface area contributed by atoms with Gasteiger partial charge < -0.3 is 5.32 Å². The van der Waals surface area contributed by atoms with Crippen molar-refractivity contribution >= 4 is 25.8 Å².